The summed E-state index contributed by atoms with van der Waals surface area (Å²) in [6.07, 6.45) is 3.36. The molecule has 0 radical (unpaired) electrons. The summed E-state index contributed by atoms with van der Waals surface area (Å²) in [6.45, 7) is 8.17. The molecule has 0 aromatic heterocycles. The maximum atomic E-state index is 12.1. The number of fused-ring (bicyclic) bond motifs is 1. The van der Waals surface area contributed by atoms with Crippen LogP contribution in [0.15, 0.2) is 18.2 Å². The van der Waals surface area contributed by atoms with Gasteiger partial charge in [-0.15, -0.1) is 0 Å². The fraction of sp³-hybridized carbons (Fsp3) is 0.684. The molecule has 6 heteroatoms. The van der Waals surface area contributed by atoms with Gasteiger partial charge < -0.3 is 10.1 Å². The molecular formula is C19H30N2O3S. The van der Waals surface area contributed by atoms with Gasteiger partial charge in [-0.2, -0.15) is 0 Å². The molecule has 1 aromatic carbocycles. The van der Waals surface area contributed by atoms with E-state index in [0.717, 1.165) is 31.6 Å². The Hall–Kier alpha value is -1.11. The first-order valence-electron chi connectivity index (χ1n) is 9.32. The smallest absolute Gasteiger partial charge is 0.214 e. The van der Waals surface area contributed by atoms with Crippen molar-refractivity contribution in [1.82, 2.24) is 9.62 Å². The van der Waals surface area contributed by atoms with E-state index in [1.807, 2.05) is 6.92 Å². The van der Waals surface area contributed by atoms with Gasteiger partial charge >= 0.3 is 0 Å². The largest absolute Gasteiger partial charge is 0.487 e. The molecule has 0 amide bonds. The van der Waals surface area contributed by atoms with Crippen LogP contribution in [0.25, 0.3) is 0 Å². The lowest BCUT2D eigenvalue weighted by atomic mass is 10.0. The first kappa shape index (κ1) is 18.7. The molecule has 2 aliphatic heterocycles. The molecule has 2 aliphatic rings. The Morgan fingerprint density at radius 2 is 2.00 bits per heavy atom. The third kappa shape index (κ3) is 4.36. The lowest BCUT2D eigenvalue weighted by Crippen LogP contribution is -2.45. The van der Waals surface area contributed by atoms with Crippen molar-refractivity contribution in [1.29, 1.82) is 0 Å². The molecule has 0 unspecified atom stereocenters. The van der Waals surface area contributed by atoms with Gasteiger partial charge in [-0.1, -0.05) is 25.1 Å². The van der Waals surface area contributed by atoms with Crippen LogP contribution in [-0.2, 0) is 23.0 Å². The zero-order chi connectivity index (χ0) is 18.1. The van der Waals surface area contributed by atoms with Crippen LogP contribution in [0.4, 0.5) is 0 Å². The first-order chi connectivity index (χ1) is 11.8. The van der Waals surface area contributed by atoms with Crippen molar-refractivity contribution < 1.29 is 13.2 Å². The number of nitrogens with one attached hydrogen (secondary N) is 1. The predicted octanol–water partition coefficient (Wildman–Crippen LogP) is 2.69. The van der Waals surface area contributed by atoms with Crippen molar-refractivity contribution >= 4 is 10.0 Å². The molecule has 0 aliphatic carbocycles. The zero-order valence-electron chi connectivity index (χ0n) is 15.5. The Bertz CT molecular complexity index is 707. The highest BCUT2D eigenvalue weighted by molar-refractivity contribution is 7.89. The standard InChI is InChI=1S/C19H30N2O3S/c1-4-12-25(22,23)21-10-8-17(9-11-21)20-14-16-7-5-6-15-13-19(2,3)24-18(15)16/h5-7,17,20H,4,8-14H2,1-3H3. The summed E-state index contributed by atoms with van der Waals surface area (Å²) >= 11 is 0. The van der Waals surface area contributed by atoms with Gasteiger partial charge in [-0.3, -0.25) is 0 Å². The SMILES string of the molecule is CCCS(=O)(=O)N1CCC(NCc2cccc3c2OC(C)(C)C3)CC1. The highest BCUT2D eigenvalue weighted by Gasteiger charge is 2.32. The molecule has 0 spiro atoms. The van der Waals surface area contributed by atoms with E-state index in [0.29, 0.717) is 25.6 Å². The van der Waals surface area contributed by atoms with Crippen molar-refractivity contribution in [2.75, 3.05) is 18.8 Å². The fourth-order valence-electron chi connectivity index (χ4n) is 3.80. The number of benzene rings is 1. The Kier molecular flexibility index (Phi) is 5.42. The van der Waals surface area contributed by atoms with Gasteiger partial charge in [0.1, 0.15) is 11.4 Å². The van der Waals surface area contributed by atoms with E-state index in [2.05, 4.69) is 37.4 Å². The molecule has 25 heavy (non-hydrogen) atoms. The monoisotopic (exact) mass is 366 g/mol. The second-order valence-electron chi connectivity index (χ2n) is 7.81. The van der Waals surface area contributed by atoms with Crippen molar-refractivity contribution in [3.63, 3.8) is 0 Å². The molecule has 0 saturated carbocycles. The minimum atomic E-state index is -3.06. The van der Waals surface area contributed by atoms with Gasteiger partial charge in [0.2, 0.25) is 10.0 Å². The van der Waals surface area contributed by atoms with Crippen LogP contribution in [0, 0.1) is 0 Å². The van der Waals surface area contributed by atoms with E-state index in [1.165, 1.54) is 11.1 Å². The molecule has 5 nitrogen and oxygen atoms in total. The fourth-order valence-corrected chi connectivity index (χ4v) is 5.34. The predicted molar refractivity (Wildman–Crippen MR) is 100 cm³/mol. The lowest BCUT2D eigenvalue weighted by molar-refractivity contribution is 0.137. The maximum Gasteiger partial charge on any atom is 0.214 e. The quantitative estimate of drug-likeness (QED) is 0.841. The third-order valence-corrected chi connectivity index (χ3v) is 7.14. The van der Waals surface area contributed by atoms with E-state index in [-0.39, 0.29) is 11.4 Å². The minimum absolute atomic E-state index is 0.128. The van der Waals surface area contributed by atoms with Gasteiger partial charge in [0.05, 0.1) is 5.75 Å². The third-order valence-electron chi connectivity index (χ3n) is 5.06. The summed E-state index contributed by atoms with van der Waals surface area (Å²) in [5, 5.41) is 3.60. The van der Waals surface area contributed by atoms with Crippen LogP contribution >= 0.6 is 0 Å². The van der Waals surface area contributed by atoms with Crippen LogP contribution in [0.3, 0.4) is 0 Å². The van der Waals surface area contributed by atoms with Crippen LogP contribution in [0.2, 0.25) is 0 Å². The van der Waals surface area contributed by atoms with Crippen LogP contribution in [0.1, 0.15) is 51.2 Å². The van der Waals surface area contributed by atoms with Gasteiger partial charge in [0.25, 0.3) is 0 Å². The number of nitrogens with zero attached hydrogens (tertiary/aromatic N) is 1. The van der Waals surface area contributed by atoms with Crippen molar-refractivity contribution in [3.05, 3.63) is 29.3 Å². The minimum Gasteiger partial charge on any atom is -0.487 e. The number of ether oxygens (including phenoxy) is 1. The summed E-state index contributed by atoms with van der Waals surface area (Å²) in [7, 11) is -3.06. The van der Waals surface area contributed by atoms with E-state index in [9.17, 15) is 8.42 Å². The number of hydrogen-bond donors (Lipinski definition) is 1. The average Bonchev–Trinajstić information content (AvgIpc) is 2.87. The summed E-state index contributed by atoms with van der Waals surface area (Å²) in [6, 6.07) is 6.72. The molecule has 3 rings (SSSR count). The normalized spacial score (nSPS) is 21.1. The number of para-hydroxylation sites is 1. The summed E-state index contributed by atoms with van der Waals surface area (Å²) in [4.78, 5) is 0. The van der Waals surface area contributed by atoms with Gasteiger partial charge in [0.15, 0.2) is 0 Å². The van der Waals surface area contributed by atoms with Crippen molar-refractivity contribution in [3.8, 4) is 5.75 Å². The molecule has 1 fully saturated rings. The van der Waals surface area contributed by atoms with E-state index >= 15 is 0 Å². The molecule has 2 heterocycles. The van der Waals surface area contributed by atoms with Crippen molar-refractivity contribution in [2.24, 2.45) is 0 Å². The molecule has 1 aromatic rings. The Balaban J connectivity index is 1.54. The van der Waals surface area contributed by atoms with Crippen molar-refractivity contribution in [2.45, 2.75) is 64.6 Å². The molecule has 140 valence electrons. The number of hydrogen-bond acceptors (Lipinski definition) is 4. The highest BCUT2D eigenvalue weighted by atomic mass is 32.2. The molecule has 0 atom stereocenters. The average molecular weight is 367 g/mol. The van der Waals surface area contributed by atoms with Crippen LogP contribution in [0.5, 0.6) is 5.75 Å². The number of piperidine rings is 1. The van der Waals surface area contributed by atoms with Gasteiger partial charge in [-0.05, 0) is 38.7 Å². The first-order valence-corrected chi connectivity index (χ1v) is 10.9. The Labute approximate surface area is 151 Å². The van der Waals surface area contributed by atoms with Crippen LogP contribution in [-0.4, -0.2) is 43.2 Å². The maximum absolute atomic E-state index is 12.1. The zero-order valence-corrected chi connectivity index (χ0v) is 16.4. The second-order valence-corrected chi connectivity index (χ2v) is 9.90. The Morgan fingerprint density at radius 1 is 1.28 bits per heavy atom. The molecule has 1 saturated heterocycles. The second kappa shape index (κ2) is 7.25. The van der Waals surface area contributed by atoms with E-state index < -0.39 is 10.0 Å². The van der Waals surface area contributed by atoms with Crippen LogP contribution < -0.4 is 10.1 Å². The summed E-state index contributed by atoms with van der Waals surface area (Å²) in [5.41, 5.74) is 2.35. The van der Waals surface area contributed by atoms with Gasteiger partial charge in [-0.25, -0.2) is 12.7 Å². The summed E-state index contributed by atoms with van der Waals surface area (Å²) in [5.74, 6) is 1.29. The van der Waals surface area contributed by atoms with Gasteiger partial charge in [0, 0.05) is 37.7 Å². The number of rotatable bonds is 6. The number of sulfonamides is 1. The molecule has 1 N–H and O–H groups in total. The summed E-state index contributed by atoms with van der Waals surface area (Å²) < 4.78 is 32.1. The molecular weight excluding hydrogens is 336 g/mol. The molecule has 0 bridgehead atoms. The van der Waals surface area contributed by atoms with E-state index in [1.54, 1.807) is 4.31 Å². The van der Waals surface area contributed by atoms with E-state index in [4.69, 9.17) is 4.74 Å². The highest BCUT2D eigenvalue weighted by Crippen LogP contribution is 2.37. The Morgan fingerprint density at radius 3 is 2.68 bits per heavy atom. The topological polar surface area (TPSA) is 58.6 Å². The lowest BCUT2D eigenvalue weighted by Gasteiger charge is -2.31.